The third kappa shape index (κ3) is 3.59. The Balaban J connectivity index is 1.79. The molecule has 0 spiro atoms. The van der Waals surface area contributed by atoms with Crippen molar-refractivity contribution < 1.29 is 13.7 Å². The van der Waals surface area contributed by atoms with Crippen molar-refractivity contribution >= 4 is 18.5 Å². The standard InChI is InChI=1S/C18H24BFN2O2S/c1-6-22-11-13(16(21-22)14-9-10-25-12-14)7-8-15(20)19-23-17(2,3)18(4,5)24-19/h8-12H,6-7H2,1-5H3. The van der Waals surface area contributed by atoms with Gasteiger partial charge in [0, 0.05) is 29.2 Å². The number of hydrogen-bond acceptors (Lipinski definition) is 4. The zero-order chi connectivity index (χ0) is 18.2. The first-order valence-corrected chi connectivity index (χ1v) is 9.48. The van der Waals surface area contributed by atoms with E-state index in [0.717, 1.165) is 23.4 Å². The van der Waals surface area contributed by atoms with Gasteiger partial charge >= 0.3 is 7.12 Å². The predicted molar refractivity (Wildman–Crippen MR) is 100 cm³/mol. The molecular weight excluding hydrogens is 338 g/mol. The Labute approximate surface area is 152 Å². The fourth-order valence-corrected chi connectivity index (χ4v) is 3.32. The van der Waals surface area contributed by atoms with Gasteiger partial charge in [-0.25, -0.2) is 4.39 Å². The van der Waals surface area contributed by atoms with Crippen molar-refractivity contribution in [1.82, 2.24) is 9.78 Å². The molecule has 2 aromatic rings. The van der Waals surface area contributed by atoms with Crippen molar-refractivity contribution in [1.29, 1.82) is 0 Å². The van der Waals surface area contributed by atoms with E-state index in [4.69, 9.17) is 9.31 Å². The zero-order valence-corrected chi connectivity index (χ0v) is 16.2. The molecule has 0 unspecified atom stereocenters. The fourth-order valence-electron chi connectivity index (χ4n) is 2.68. The number of halogens is 1. The number of hydrogen-bond donors (Lipinski definition) is 0. The molecule has 4 nitrogen and oxygen atoms in total. The number of allylic oxidation sites excluding steroid dienone is 1. The van der Waals surface area contributed by atoms with Crippen LogP contribution in [0.25, 0.3) is 11.3 Å². The van der Waals surface area contributed by atoms with E-state index >= 15 is 0 Å². The molecule has 1 saturated heterocycles. The Hall–Kier alpha value is -1.44. The average molecular weight is 362 g/mol. The van der Waals surface area contributed by atoms with Gasteiger partial charge in [0.2, 0.25) is 0 Å². The van der Waals surface area contributed by atoms with Crippen molar-refractivity contribution in [3.05, 3.63) is 40.4 Å². The van der Waals surface area contributed by atoms with Crippen LogP contribution in [0.4, 0.5) is 4.39 Å². The van der Waals surface area contributed by atoms with Gasteiger partial charge in [-0.1, -0.05) is 6.08 Å². The van der Waals surface area contributed by atoms with Crippen LogP contribution in [0.15, 0.2) is 34.8 Å². The average Bonchev–Trinajstić information content (AvgIpc) is 3.23. The maximum atomic E-state index is 14.6. The second-order valence-corrected chi connectivity index (χ2v) is 8.03. The van der Waals surface area contributed by atoms with Crippen LogP contribution < -0.4 is 0 Å². The first-order valence-electron chi connectivity index (χ1n) is 8.53. The highest BCUT2D eigenvalue weighted by molar-refractivity contribution is 7.08. The SMILES string of the molecule is CCn1cc(CC=C(F)B2OC(C)(C)C(C)(C)O2)c(-c2ccsc2)n1. The summed E-state index contributed by atoms with van der Waals surface area (Å²) in [5.41, 5.74) is 1.49. The van der Waals surface area contributed by atoms with Gasteiger partial charge in [0.15, 0.2) is 0 Å². The molecular formula is C18H24BFN2O2S. The lowest BCUT2D eigenvalue weighted by molar-refractivity contribution is 0.00578. The highest BCUT2D eigenvalue weighted by Gasteiger charge is 2.52. The molecule has 0 amide bonds. The van der Waals surface area contributed by atoms with Gasteiger partial charge in [0.1, 0.15) is 5.73 Å². The Morgan fingerprint density at radius 3 is 2.56 bits per heavy atom. The largest absolute Gasteiger partial charge is 0.524 e. The van der Waals surface area contributed by atoms with Crippen molar-refractivity contribution in [2.45, 2.75) is 58.8 Å². The summed E-state index contributed by atoms with van der Waals surface area (Å²) < 4.78 is 28.0. The lowest BCUT2D eigenvalue weighted by Gasteiger charge is -2.32. The van der Waals surface area contributed by atoms with Crippen LogP contribution in [0.5, 0.6) is 0 Å². The van der Waals surface area contributed by atoms with E-state index in [0.29, 0.717) is 6.42 Å². The minimum Gasteiger partial charge on any atom is -0.398 e. The summed E-state index contributed by atoms with van der Waals surface area (Å²) >= 11 is 1.63. The monoisotopic (exact) mass is 362 g/mol. The van der Waals surface area contributed by atoms with Gasteiger partial charge in [-0.3, -0.25) is 4.68 Å². The van der Waals surface area contributed by atoms with Crippen molar-refractivity contribution in [3.8, 4) is 11.3 Å². The molecule has 0 N–H and O–H groups in total. The Kier molecular flexibility index (Phi) is 4.92. The summed E-state index contributed by atoms with van der Waals surface area (Å²) in [5.74, 6) is 0. The van der Waals surface area contributed by atoms with Crippen LogP contribution >= 0.6 is 11.3 Å². The van der Waals surface area contributed by atoms with Crippen LogP contribution in [-0.2, 0) is 22.3 Å². The molecule has 0 atom stereocenters. The molecule has 3 rings (SSSR count). The van der Waals surface area contributed by atoms with E-state index < -0.39 is 18.3 Å². The van der Waals surface area contributed by atoms with E-state index in [-0.39, 0.29) is 5.73 Å². The summed E-state index contributed by atoms with van der Waals surface area (Å²) in [5, 5.41) is 8.68. The van der Waals surface area contributed by atoms with E-state index in [1.165, 1.54) is 6.08 Å². The second-order valence-electron chi connectivity index (χ2n) is 7.25. The smallest absolute Gasteiger partial charge is 0.398 e. The molecule has 0 radical (unpaired) electrons. The van der Waals surface area contributed by atoms with Crippen LogP contribution in [-0.4, -0.2) is 28.1 Å². The van der Waals surface area contributed by atoms with E-state index in [9.17, 15) is 4.39 Å². The molecule has 25 heavy (non-hydrogen) atoms. The Morgan fingerprint density at radius 2 is 2.00 bits per heavy atom. The maximum Gasteiger partial charge on any atom is 0.524 e. The summed E-state index contributed by atoms with van der Waals surface area (Å²) in [6.07, 6.45) is 3.96. The number of nitrogens with zero attached hydrogens (tertiary/aromatic N) is 2. The Morgan fingerprint density at radius 1 is 1.32 bits per heavy atom. The van der Waals surface area contributed by atoms with Gasteiger partial charge in [-0.2, -0.15) is 16.4 Å². The molecule has 3 heterocycles. The molecule has 2 aromatic heterocycles. The van der Waals surface area contributed by atoms with E-state index in [1.54, 1.807) is 11.3 Å². The third-order valence-electron chi connectivity index (χ3n) is 4.95. The molecule has 1 aliphatic rings. The normalized spacial score (nSPS) is 19.6. The molecule has 1 fully saturated rings. The summed E-state index contributed by atoms with van der Waals surface area (Å²) in [7, 11) is -0.948. The number of rotatable bonds is 5. The quantitative estimate of drug-likeness (QED) is 0.726. The third-order valence-corrected chi connectivity index (χ3v) is 5.63. The fraction of sp³-hybridized carbons (Fsp3) is 0.500. The number of aryl methyl sites for hydroxylation is 1. The highest BCUT2D eigenvalue weighted by atomic mass is 32.1. The van der Waals surface area contributed by atoms with Gasteiger partial charge in [0.05, 0.1) is 16.9 Å². The minimum atomic E-state index is -0.948. The maximum absolute atomic E-state index is 14.6. The molecule has 0 saturated carbocycles. The van der Waals surface area contributed by atoms with Crippen molar-refractivity contribution in [3.63, 3.8) is 0 Å². The van der Waals surface area contributed by atoms with E-state index in [1.807, 2.05) is 56.9 Å². The van der Waals surface area contributed by atoms with Gasteiger partial charge in [0.25, 0.3) is 0 Å². The second kappa shape index (κ2) is 6.70. The number of thiophene rings is 1. The van der Waals surface area contributed by atoms with E-state index in [2.05, 4.69) is 10.5 Å². The molecule has 7 heteroatoms. The van der Waals surface area contributed by atoms with Crippen LogP contribution in [0, 0.1) is 0 Å². The highest BCUT2D eigenvalue weighted by Crippen LogP contribution is 2.38. The van der Waals surface area contributed by atoms with Crippen LogP contribution in [0.2, 0.25) is 0 Å². The van der Waals surface area contributed by atoms with Gasteiger partial charge < -0.3 is 9.31 Å². The Bertz CT molecular complexity index is 752. The number of aromatic nitrogens is 2. The van der Waals surface area contributed by atoms with Gasteiger partial charge in [-0.05, 0) is 52.5 Å². The summed E-state index contributed by atoms with van der Waals surface area (Å²) in [6, 6.07) is 2.03. The summed E-state index contributed by atoms with van der Waals surface area (Å²) in [4.78, 5) is 0. The molecule has 1 aliphatic heterocycles. The topological polar surface area (TPSA) is 36.3 Å². The van der Waals surface area contributed by atoms with Crippen molar-refractivity contribution in [2.75, 3.05) is 0 Å². The lowest BCUT2D eigenvalue weighted by Crippen LogP contribution is -2.41. The molecule has 0 aromatic carbocycles. The van der Waals surface area contributed by atoms with Gasteiger partial charge in [-0.15, -0.1) is 0 Å². The molecule has 0 aliphatic carbocycles. The first-order chi connectivity index (χ1) is 11.7. The zero-order valence-electron chi connectivity index (χ0n) is 15.4. The minimum absolute atomic E-state index is 0.390. The van der Waals surface area contributed by atoms with Crippen LogP contribution in [0.3, 0.4) is 0 Å². The molecule has 0 bridgehead atoms. The first kappa shape index (κ1) is 18.4. The summed E-state index contributed by atoms with van der Waals surface area (Å²) in [6.45, 7) is 10.5. The molecule has 134 valence electrons. The van der Waals surface area contributed by atoms with Crippen LogP contribution in [0.1, 0.15) is 40.2 Å². The van der Waals surface area contributed by atoms with Crippen molar-refractivity contribution in [2.24, 2.45) is 0 Å². The predicted octanol–water partition coefficient (Wildman–Crippen LogP) is 4.66. The lowest BCUT2D eigenvalue weighted by atomic mass is 9.87.